The van der Waals surface area contributed by atoms with Crippen LogP contribution in [0.4, 0.5) is 0 Å². The Hall–Kier alpha value is -0.123. The van der Waals surface area contributed by atoms with Gasteiger partial charge in [0.25, 0.3) is 0 Å². The van der Waals surface area contributed by atoms with Crippen molar-refractivity contribution in [3.05, 3.63) is 12.7 Å². The van der Waals surface area contributed by atoms with Crippen LogP contribution in [0.25, 0.3) is 0 Å². The lowest BCUT2D eigenvalue weighted by Gasteiger charge is -2.50. The first-order valence-electron chi connectivity index (χ1n) is 9.92. The smallest absolute Gasteiger partial charge is 0.192 e. The normalized spacial score (nSPS) is 36.9. The van der Waals surface area contributed by atoms with Gasteiger partial charge in [0.05, 0.1) is 6.10 Å². The molecule has 0 radical (unpaired) electrons. The molecule has 0 spiro atoms. The minimum Gasteiger partial charge on any atom is -0.414 e. The summed E-state index contributed by atoms with van der Waals surface area (Å²) >= 11 is 0. The molecule has 0 saturated heterocycles. The number of fused-ring (bicyclic) bond motifs is 1. The van der Waals surface area contributed by atoms with Gasteiger partial charge >= 0.3 is 0 Å². The number of aliphatic hydroxyl groups is 1. The van der Waals surface area contributed by atoms with Crippen LogP contribution in [0.15, 0.2) is 12.7 Å². The Bertz CT molecular complexity index is 453. The maximum atomic E-state index is 10.3. The van der Waals surface area contributed by atoms with Gasteiger partial charge in [-0.15, -0.1) is 6.58 Å². The molecule has 0 heterocycles. The van der Waals surface area contributed by atoms with Gasteiger partial charge in [0.2, 0.25) is 0 Å². The zero-order valence-corrected chi connectivity index (χ0v) is 18.1. The lowest BCUT2D eigenvalue weighted by atomic mass is 9.61. The van der Waals surface area contributed by atoms with Crippen molar-refractivity contribution in [3.8, 4) is 0 Å². The largest absolute Gasteiger partial charge is 0.414 e. The molecule has 2 fully saturated rings. The molecule has 24 heavy (non-hydrogen) atoms. The molecule has 2 nitrogen and oxygen atoms in total. The Balaban J connectivity index is 2.19. The van der Waals surface area contributed by atoms with E-state index in [-0.39, 0.29) is 11.1 Å². The van der Waals surface area contributed by atoms with E-state index >= 15 is 0 Å². The predicted molar refractivity (Wildman–Crippen MR) is 106 cm³/mol. The highest BCUT2D eigenvalue weighted by molar-refractivity contribution is 6.74. The molecule has 0 aromatic rings. The Labute approximate surface area is 151 Å². The van der Waals surface area contributed by atoms with Gasteiger partial charge in [-0.3, -0.25) is 0 Å². The van der Waals surface area contributed by atoms with Crippen molar-refractivity contribution >= 4 is 8.32 Å². The molecule has 0 unspecified atom stereocenters. The SMILES string of the molecule is C=C[C@H](O)[C@@H](C)[C@H]1CC[C@H]2[C@@H](O[Si](C)(C)C(C)(C)C)CCC[C@]12C. The highest BCUT2D eigenvalue weighted by Gasteiger charge is 2.55. The molecule has 2 aliphatic rings. The zero-order valence-electron chi connectivity index (χ0n) is 17.1. The van der Waals surface area contributed by atoms with E-state index in [1.807, 2.05) is 0 Å². The van der Waals surface area contributed by atoms with E-state index in [4.69, 9.17) is 4.43 Å². The third-order valence-electron chi connectivity index (χ3n) is 7.80. The molecule has 3 heteroatoms. The molecule has 2 rings (SSSR count). The van der Waals surface area contributed by atoms with E-state index in [0.29, 0.717) is 29.3 Å². The fraction of sp³-hybridized carbons (Fsp3) is 0.905. The molecule has 0 bridgehead atoms. The second kappa shape index (κ2) is 6.89. The van der Waals surface area contributed by atoms with E-state index in [1.165, 1.54) is 32.1 Å². The quantitative estimate of drug-likeness (QED) is 0.502. The molecule has 0 aromatic carbocycles. The summed E-state index contributed by atoms with van der Waals surface area (Å²) in [5.74, 6) is 1.54. The topological polar surface area (TPSA) is 29.5 Å². The van der Waals surface area contributed by atoms with E-state index in [1.54, 1.807) is 6.08 Å². The average molecular weight is 353 g/mol. The molecule has 2 saturated carbocycles. The monoisotopic (exact) mass is 352 g/mol. The Morgan fingerprint density at radius 3 is 2.42 bits per heavy atom. The molecule has 0 aromatic heterocycles. The molecule has 0 aliphatic heterocycles. The third-order valence-corrected chi connectivity index (χ3v) is 12.3. The zero-order chi connectivity index (χ0) is 18.3. The highest BCUT2D eigenvalue weighted by atomic mass is 28.4. The predicted octanol–water partition coefficient (Wildman–Crippen LogP) is 5.78. The minimum atomic E-state index is -1.73. The van der Waals surface area contributed by atoms with Crippen molar-refractivity contribution < 1.29 is 9.53 Å². The van der Waals surface area contributed by atoms with Gasteiger partial charge in [0.1, 0.15) is 0 Å². The van der Waals surface area contributed by atoms with Crippen molar-refractivity contribution in [1.82, 2.24) is 0 Å². The summed E-state index contributed by atoms with van der Waals surface area (Å²) < 4.78 is 6.89. The van der Waals surface area contributed by atoms with Gasteiger partial charge < -0.3 is 9.53 Å². The molecule has 140 valence electrons. The van der Waals surface area contributed by atoms with Crippen molar-refractivity contribution in [1.29, 1.82) is 0 Å². The Kier molecular flexibility index (Phi) is 5.79. The summed E-state index contributed by atoms with van der Waals surface area (Å²) in [6.07, 6.45) is 8.01. The van der Waals surface area contributed by atoms with Crippen molar-refractivity contribution in [2.75, 3.05) is 0 Å². The van der Waals surface area contributed by atoms with Gasteiger partial charge in [-0.25, -0.2) is 0 Å². The van der Waals surface area contributed by atoms with Gasteiger partial charge in [0, 0.05) is 6.10 Å². The second-order valence-electron chi connectivity index (χ2n) is 10.2. The summed E-state index contributed by atoms with van der Waals surface area (Å²) in [7, 11) is -1.73. The van der Waals surface area contributed by atoms with Crippen molar-refractivity contribution in [2.45, 2.75) is 97.1 Å². The third kappa shape index (κ3) is 3.54. The van der Waals surface area contributed by atoms with Crippen molar-refractivity contribution in [2.24, 2.45) is 23.2 Å². The van der Waals surface area contributed by atoms with Crippen LogP contribution in [-0.2, 0) is 4.43 Å². The van der Waals surface area contributed by atoms with Gasteiger partial charge in [-0.05, 0) is 67.0 Å². The summed E-state index contributed by atoms with van der Waals surface area (Å²) in [5, 5.41) is 10.6. The minimum absolute atomic E-state index is 0.269. The van der Waals surface area contributed by atoms with Crippen LogP contribution in [0, 0.1) is 23.2 Å². The standard InChI is InChI=1S/C21H40O2Si/c1-9-18(22)15(2)16-12-13-17-19(11-10-14-21(16,17)6)23-24(7,8)20(3,4)5/h9,15-19,22H,1,10-14H2,2-8H3/t15-,16+,17-,18-,19-,21+/m0/s1. The van der Waals surface area contributed by atoms with E-state index in [0.717, 1.165) is 0 Å². The lowest BCUT2D eigenvalue weighted by molar-refractivity contribution is -0.0328. The maximum absolute atomic E-state index is 10.3. The number of hydrogen-bond donors (Lipinski definition) is 1. The van der Waals surface area contributed by atoms with Gasteiger partial charge in [-0.2, -0.15) is 0 Å². The van der Waals surface area contributed by atoms with E-state index in [9.17, 15) is 5.11 Å². The van der Waals surface area contributed by atoms with E-state index < -0.39 is 8.32 Å². The summed E-state index contributed by atoms with van der Waals surface area (Å²) in [6, 6.07) is 0. The Morgan fingerprint density at radius 1 is 1.25 bits per heavy atom. The van der Waals surface area contributed by atoms with Crippen molar-refractivity contribution in [3.63, 3.8) is 0 Å². The van der Waals surface area contributed by atoms with Crippen LogP contribution in [0.3, 0.4) is 0 Å². The van der Waals surface area contributed by atoms with Gasteiger partial charge in [0.15, 0.2) is 8.32 Å². The molecular formula is C21H40O2Si. The molecule has 6 atom stereocenters. The van der Waals surface area contributed by atoms with Crippen LogP contribution in [0.1, 0.15) is 66.7 Å². The highest BCUT2D eigenvalue weighted by Crippen LogP contribution is 2.59. The first kappa shape index (κ1) is 20.2. The van der Waals surface area contributed by atoms with Crippen LogP contribution >= 0.6 is 0 Å². The van der Waals surface area contributed by atoms with Crippen LogP contribution < -0.4 is 0 Å². The fourth-order valence-electron chi connectivity index (χ4n) is 5.17. The van der Waals surface area contributed by atoms with Crippen LogP contribution in [0.2, 0.25) is 18.1 Å². The summed E-state index contributed by atoms with van der Waals surface area (Å²) in [4.78, 5) is 0. The molecule has 0 amide bonds. The molecular weight excluding hydrogens is 312 g/mol. The first-order valence-corrected chi connectivity index (χ1v) is 12.8. The maximum Gasteiger partial charge on any atom is 0.192 e. The molecule has 1 N–H and O–H groups in total. The van der Waals surface area contributed by atoms with Crippen LogP contribution in [0.5, 0.6) is 0 Å². The van der Waals surface area contributed by atoms with E-state index in [2.05, 4.69) is 54.3 Å². The number of rotatable bonds is 5. The van der Waals surface area contributed by atoms with Crippen LogP contribution in [-0.4, -0.2) is 25.6 Å². The number of aliphatic hydroxyl groups excluding tert-OH is 1. The summed E-state index contributed by atoms with van der Waals surface area (Å²) in [6.45, 7) is 20.3. The summed E-state index contributed by atoms with van der Waals surface area (Å²) in [5.41, 5.74) is 0.314. The Morgan fingerprint density at radius 2 is 1.88 bits per heavy atom. The fourth-order valence-corrected chi connectivity index (χ4v) is 6.57. The molecule has 2 aliphatic carbocycles. The lowest BCUT2D eigenvalue weighted by Crippen LogP contribution is -2.50. The van der Waals surface area contributed by atoms with Gasteiger partial charge in [-0.1, -0.05) is 47.1 Å². The second-order valence-corrected chi connectivity index (χ2v) is 14.9. The average Bonchev–Trinajstić information content (AvgIpc) is 2.82. The first-order chi connectivity index (χ1) is 10.9. The number of hydrogen-bond acceptors (Lipinski definition) is 2.